The average Bonchev–Trinajstić information content (AvgIpc) is 2.38. The SMILES string of the molecule is CCCCN(CC(N)=O)C(=O)CCC(CCN)C(C)C. The molecule has 1 unspecified atom stereocenters. The van der Waals surface area contributed by atoms with Crippen LogP contribution in [0.4, 0.5) is 0 Å². The van der Waals surface area contributed by atoms with Gasteiger partial charge in [-0.25, -0.2) is 0 Å². The predicted octanol–water partition coefficient (Wildman–Crippen LogP) is 1.50. The van der Waals surface area contributed by atoms with Gasteiger partial charge in [0, 0.05) is 13.0 Å². The predicted molar refractivity (Wildman–Crippen MR) is 81.9 cm³/mol. The molecule has 0 radical (unpaired) electrons. The van der Waals surface area contributed by atoms with E-state index in [1.165, 1.54) is 0 Å². The first-order chi connectivity index (χ1) is 9.42. The van der Waals surface area contributed by atoms with E-state index >= 15 is 0 Å². The molecule has 0 rings (SSSR count). The first-order valence-electron chi connectivity index (χ1n) is 7.68. The fraction of sp³-hybridized carbons (Fsp3) is 0.867. The number of carbonyl (C=O) groups excluding carboxylic acids is 2. The first kappa shape index (κ1) is 18.9. The second-order valence-corrected chi connectivity index (χ2v) is 5.76. The molecule has 5 heteroatoms. The maximum Gasteiger partial charge on any atom is 0.237 e. The van der Waals surface area contributed by atoms with E-state index in [0.717, 1.165) is 25.7 Å². The lowest BCUT2D eigenvalue weighted by molar-refractivity contribution is -0.135. The number of nitrogens with zero attached hydrogens (tertiary/aromatic N) is 1. The van der Waals surface area contributed by atoms with Gasteiger partial charge in [-0.3, -0.25) is 9.59 Å². The molecule has 0 aliphatic rings. The highest BCUT2D eigenvalue weighted by Gasteiger charge is 2.19. The quantitative estimate of drug-likeness (QED) is 0.603. The monoisotopic (exact) mass is 285 g/mol. The minimum atomic E-state index is -0.447. The summed E-state index contributed by atoms with van der Waals surface area (Å²) < 4.78 is 0. The zero-order valence-electron chi connectivity index (χ0n) is 13.2. The van der Waals surface area contributed by atoms with Gasteiger partial charge in [0.05, 0.1) is 6.54 Å². The van der Waals surface area contributed by atoms with Gasteiger partial charge in [-0.1, -0.05) is 27.2 Å². The van der Waals surface area contributed by atoms with E-state index in [-0.39, 0.29) is 12.5 Å². The Morgan fingerprint density at radius 2 is 1.85 bits per heavy atom. The minimum absolute atomic E-state index is 0.0277. The van der Waals surface area contributed by atoms with E-state index in [9.17, 15) is 9.59 Å². The molecule has 0 aliphatic carbocycles. The Kier molecular flexibility index (Phi) is 10.1. The number of primary amides is 1. The Bertz CT molecular complexity index is 293. The van der Waals surface area contributed by atoms with E-state index in [2.05, 4.69) is 20.8 Å². The maximum atomic E-state index is 12.2. The molecule has 0 heterocycles. The van der Waals surface area contributed by atoms with Crippen molar-refractivity contribution in [2.24, 2.45) is 23.3 Å². The van der Waals surface area contributed by atoms with Gasteiger partial charge in [0.15, 0.2) is 0 Å². The van der Waals surface area contributed by atoms with Crippen LogP contribution in [0.15, 0.2) is 0 Å². The third kappa shape index (κ3) is 8.15. The fourth-order valence-corrected chi connectivity index (χ4v) is 2.32. The molecule has 0 aliphatic heterocycles. The molecule has 0 aromatic heterocycles. The van der Waals surface area contributed by atoms with Crippen molar-refractivity contribution in [2.45, 2.75) is 52.9 Å². The van der Waals surface area contributed by atoms with E-state index in [0.29, 0.717) is 31.3 Å². The summed E-state index contributed by atoms with van der Waals surface area (Å²) in [5, 5.41) is 0. The van der Waals surface area contributed by atoms with Crippen LogP contribution < -0.4 is 11.5 Å². The van der Waals surface area contributed by atoms with Gasteiger partial charge in [-0.15, -0.1) is 0 Å². The Labute approximate surface area is 123 Å². The number of rotatable bonds is 11. The summed E-state index contributed by atoms with van der Waals surface area (Å²) in [7, 11) is 0. The Balaban J connectivity index is 4.38. The van der Waals surface area contributed by atoms with Crippen LogP contribution in [0, 0.1) is 11.8 Å². The molecule has 0 saturated carbocycles. The molecule has 2 amide bonds. The van der Waals surface area contributed by atoms with Gasteiger partial charge in [-0.05, 0) is 37.6 Å². The highest BCUT2D eigenvalue weighted by Crippen LogP contribution is 2.21. The van der Waals surface area contributed by atoms with Crippen LogP contribution in [0.1, 0.15) is 52.9 Å². The maximum absolute atomic E-state index is 12.2. The number of nitrogens with two attached hydrogens (primary N) is 2. The van der Waals surface area contributed by atoms with Crippen LogP contribution in [-0.4, -0.2) is 36.3 Å². The minimum Gasteiger partial charge on any atom is -0.368 e. The lowest BCUT2D eigenvalue weighted by Crippen LogP contribution is -2.39. The fourth-order valence-electron chi connectivity index (χ4n) is 2.32. The largest absolute Gasteiger partial charge is 0.368 e. The summed E-state index contributed by atoms with van der Waals surface area (Å²) in [6.07, 6.45) is 4.13. The summed E-state index contributed by atoms with van der Waals surface area (Å²) in [5.74, 6) is 0.564. The smallest absolute Gasteiger partial charge is 0.237 e. The van der Waals surface area contributed by atoms with E-state index in [1.807, 2.05) is 0 Å². The molecule has 0 saturated heterocycles. The second kappa shape index (κ2) is 10.7. The van der Waals surface area contributed by atoms with Gasteiger partial charge in [-0.2, -0.15) is 0 Å². The Hall–Kier alpha value is -1.10. The first-order valence-corrected chi connectivity index (χ1v) is 7.68. The van der Waals surface area contributed by atoms with Crippen molar-refractivity contribution in [3.63, 3.8) is 0 Å². The highest BCUT2D eigenvalue weighted by atomic mass is 16.2. The third-order valence-electron chi connectivity index (χ3n) is 3.69. The van der Waals surface area contributed by atoms with Crippen molar-refractivity contribution < 1.29 is 9.59 Å². The number of hydrogen-bond acceptors (Lipinski definition) is 3. The van der Waals surface area contributed by atoms with Gasteiger partial charge in [0.2, 0.25) is 11.8 Å². The zero-order chi connectivity index (χ0) is 15.5. The van der Waals surface area contributed by atoms with Crippen LogP contribution in [0.5, 0.6) is 0 Å². The summed E-state index contributed by atoms with van der Waals surface area (Å²) in [5.41, 5.74) is 10.8. The number of carbonyl (C=O) groups is 2. The second-order valence-electron chi connectivity index (χ2n) is 5.76. The Morgan fingerprint density at radius 1 is 1.20 bits per heavy atom. The van der Waals surface area contributed by atoms with Crippen LogP contribution in [0.2, 0.25) is 0 Å². The van der Waals surface area contributed by atoms with Crippen molar-refractivity contribution in [3.05, 3.63) is 0 Å². The van der Waals surface area contributed by atoms with Crippen molar-refractivity contribution in [1.29, 1.82) is 0 Å². The highest BCUT2D eigenvalue weighted by molar-refractivity contribution is 5.83. The molecule has 0 aromatic rings. The van der Waals surface area contributed by atoms with E-state index in [1.54, 1.807) is 4.90 Å². The molecule has 0 fully saturated rings. The molecule has 0 spiro atoms. The van der Waals surface area contributed by atoms with Crippen molar-refractivity contribution in [3.8, 4) is 0 Å². The van der Waals surface area contributed by atoms with E-state index < -0.39 is 5.91 Å². The summed E-state index contributed by atoms with van der Waals surface area (Å²) in [6.45, 7) is 7.66. The van der Waals surface area contributed by atoms with Crippen LogP contribution in [0.3, 0.4) is 0 Å². The van der Waals surface area contributed by atoms with Gasteiger partial charge in [0.25, 0.3) is 0 Å². The molecular formula is C15H31N3O2. The van der Waals surface area contributed by atoms with Crippen molar-refractivity contribution in [2.75, 3.05) is 19.6 Å². The Morgan fingerprint density at radius 3 is 2.30 bits per heavy atom. The average molecular weight is 285 g/mol. The molecular weight excluding hydrogens is 254 g/mol. The topological polar surface area (TPSA) is 89.4 Å². The third-order valence-corrected chi connectivity index (χ3v) is 3.69. The van der Waals surface area contributed by atoms with Gasteiger partial charge in [0.1, 0.15) is 0 Å². The van der Waals surface area contributed by atoms with Gasteiger partial charge >= 0.3 is 0 Å². The molecule has 5 nitrogen and oxygen atoms in total. The summed E-state index contributed by atoms with van der Waals surface area (Å²) in [6, 6.07) is 0. The summed E-state index contributed by atoms with van der Waals surface area (Å²) in [4.78, 5) is 24.8. The van der Waals surface area contributed by atoms with Crippen molar-refractivity contribution >= 4 is 11.8 Å². The molecule has 118 valence electrons. The van der Waals surface area contributed by atoms with Crippen LogP contribution in [0.25, 0.3) is 0 Å². The van der Waals surface area contributed by atoms with Crippen molar-refractivity contribution in [1.82, 2.24) is 4.90 Å². The normalized spacial score (nSPS) is 12.4. The summed E-state index contributed by atoms with van der Waals surface area (Å²) >= 11 is 0. The lowest BCUT2D eigenvalue weighted by Gasteiger charge is -2.24. The van der Waals surface area contributed by atoms with Gasteiger partial charge < -0.3 is 16.4 Å². The van der Waals surface area contributed by atoms with E-state index in [4.69, 9.17) is 11.5 Å². The lowest BCUT2D eigenvalue weighted by atomic mass is 9.88. The number of amides is 2. The molecule has 4 N–H and O–H groups in total. The van der Waals surface area contributed by atoms with Crippen LogP contribution in [-0.2, 0) is 9.59 Å². The zero-order valence-corrected chi connectivity index (χ0v) is 13.2. The van der Waals surface area contributed by atoms with Crippen LogP contribution >= 0.6 is 0 Å². The number of unbranched alkanes of at least 4 members (excludes halogenated alkanes) is 1. The molecule has 1 atom stereocenters. The number of hydrogen-bond donors (Lipinski definition) is 2. The standard InChI is InChI=1S/C15H31N3O2/c1-4-5-10-18(11-14(17)19)15(20)7-6-13(8-9-16)12(2)3/h12-13H,4-11,16H2,1-3H3,(H2,17,19). The molecule has 20 heavy (non-hydrogen) atoms. The molecule has 0 bridgehead atoms. The molecule has 0 aromatic carbocycles.